The molecular weight excluding hydrogens is 462 g/mol. The minimum Gasteiger partial charge on any atom is -0.488 e. The number of nitrogens with zero attached hydrogens (tertiary/aromatic N) is 2. The van der Waals surface area contributed by atoms with Crippen molar-refractivity contribution < 1.29 is 14.5 Å². The maximum absolute atomic E-state index is 12.1. The topological polar surface area (TPSA) is 93.8 Å². The van der Waals surface area contributed by atoms with E-state index in [1.807, 2.05) is 49.4 Å². The number of carbonyl (C=O) groups excluding carboxylic acids is 1. The first kappa shape index (κ1) is 22.2. The maximum Gasteiger partial charge on any atom is 0.273 e. The zero-order valence-corrected chi connectivity index (χ0v) is 18.3. The van der Waals surface area contributed by atoms with E-state index in [2.05, 4.69) is 26.5 Å². The Balaban J connectivity index is 1.55. The number of para-hydroxylation sites is 1. The van der Waals surface area contributed by atoms with E-state index < -0.39 is 10.8 Å². The highest BCUT2D eigenvalue weighted by Crippen LogP contribution is 2.26. The van der Waals surface area contributed by atoms with Gasteiger partial charge in [0.2, 0.25) is 5.91 Å². The van der Waals surface area contributed by atoms with Crippen LogP contribution >= 0.6 is 15.9 Å². The van der Waals surface area contributed by atoms with Gasteiger partial charge in [0.15, 0.2) is 0 Å². The molecule has 0 radical (unpaired) electrons. The van der Waals surface area contributed by atoms with Gasteiger partial charge >= 0.3 is 0 Å². The van der Waals surface area contributed by atoms with E-state index in [1.165, 1.54) is 17.8 Å². The Bertz CT molecular complexity index is 1110. The first-order valence-corrected chi connectivity index (χ1v) is 10.2. The molecule has 0 spiro atoms. The van der Waals surface area contributed by atoms with Crippen LogP contribution in [0.5, 0.6) is 5.75 Å². The van der Waals surface area contributed by atoms with Crippen molar-refractivity contribution in [3.8, 4) is 5.75 Å². The molecule has 0 saturated heterocycles. The molecule has 158 valence electrons. The quantitative estimate of drug-likeness (QED) is 0.280. The van der Waals surface area contributed by atoms with Crippen molar-refractivity contribution >= 4 is 33.7 Å². The Morgan fingerprint density at radius 2 is 1.90 bits per heavy atom. The largest absolute Gasteiger partial charge is 0.488 e. The first-order valence-electron chi connectivity index (χ1n) is 9.44. The van der Waals surface area contributed by atoms with Crippen molar-refractivity contribution in [3.05, 3.63) is 104 Å². The van der Waals surface area contributed by atoms with Crippen LogP contribution in [0.4, 0.5) is 5.69 Å². The van der Waals surface area contributed by atoms with Crippen LogP contribution in [0.15, 0.2) is 76.3 Å². The number of carbonyl (C=O) groups is 1. The normalized spacial score (nSPS) is 10.8. The molecule has 0 heterocycles. The fourth-order valence-corrected chi connectivity index (χ4v) is 3.30. The van der Waals surface area contributed by atoms with Crippen molar-refractivity contribution in [3.63, 3.8) is 0 Å². The zero-order valence-electron chi connectivity index (χ0n) is 16.7. The van der Waals surface area contributed by atoms with Crippen molar-refractivity contribution in [2.24, 2.45) is 5.10 Å². The molecule has 8 heteroatoms. The van der Waals surface area contributed by atoms with Crippen molar-refractivity contribution in [2.45, 2.75) is 20.0 Å². The number of ether oxygens (including phenoxy) is 1. The summed E-state index contributed by atoms with van der Waals surface area (Å²) in [6, 6.07) is 19.7. The first-order chi connectivity index (χ1) is 14.9. The van der Waals surface area contributed by atoms with Gasteiger partial charge in [0.05, 0.1) is 22.0 Å². The average molecular weight is 482 g/mol. The van der Waals surface area contributed by atoms with E-state index in [1.54, 1.807) is 18.2 Å². The average Bonchev–Trinajstić information content (AvgIpc) is 2.74. The number of rotatable bonds is 8. The Morgan fingerprint density at radius 1 is 1.16 bits per heavy atom. The fourth-order valence-electron chi connectivity index (χ4n) is 2.79. The number of benzene rings is 3. The van der Waals surface area contributed by atoms with Crippen LogP contribution in [0.3, 0.4) is 0 Å². The lowest BCUT2D eigenvalue weighted by atomic mass is 10.1. The van der Waals surface area contributed by atoms with Crippen LogP contribution < -0.4 is 10.2 Å². The van der Waals surface area contributed by atoms with Gasteiger partial charge in [-0.25, -0.2) is 5.43 Å². The second-order valence-corrected chi connectivity index (χ2v) is 7.67. The summed E-state index contributed by atoms with van der Waals surface area (Å²) in [5.41, 5.74) is 5.65. The fraction of sp³-hybridized carbons (Fsp3) is 0.130. The van der Waals surface area contributed by atoms with Crippen LogP contribution in [0.1, 0.15) is 22.3 Å². The summed E-state index contributed by atoms with van der Waals surface area (Å²) in [5.74, 6) is 0.251. The van der Waals surface area contributed by atoms with E-state index in [4.69, 9.17) is 4.74 Å². The summed E-state index contributed by atoms with van der Waals surface area (Å²) < 4.78 is 6.60. The Kier molecular flexibility index (Phi) is 7.50. The second-order valence-electron chi connectivity index (χ2n) is 6.82. The molecule has 0 aliphatic carbocycles. The molecule has 31 heavy (non-hydrogen) atoms. The summed E-state index contributed by atoms with van der Waals surface area (Å²) in [7, 11) is 0. The number of hydrogen-bond acceptors (Lipinski definition) is 5. The van der Waals surface area contributed by atoms with E-state index in [0.29, 0.717) is 17.9 Å². The van der Waals surface area contributed by atoms with Crippen molar-refractivity contribution in [1.82, 2.24) is 5.43 Å². The van der Waals surface area contributed by atoms with Crippen LogP contribution in [0.2, 0.25) is 0 Å². The molecule has 3 aromatic rings. The molecule has 1 N–H and O–H groups in total. The predicted octanol–water partition coefficient (Wildman–Crippen LogP) is 4.94. The molecule has 0 aromatic heterocycles. The summed E-state index contributed by atoms with van der Waals surface area (Å²) in [6.45, 7) is 2.49. The molecule has 0 unspecified atom stereocenters. The summed E-state index contributed by atoms with van der Waals surface area (Å²) >= 11 is 3.48. The zero-order chi connectivity index (χ0) is 22.2. The number of hydrazone groups is 1. The van der Waals surface area contributed by atoms with Gasteiger partial charge in [0, 0.05) is 11.6 Å². The Morgan fingerprint density at radius 3 is 2.61 bits per heavy atom. The van der Waals surface area contributed by atoms with Crippen molar-refractivity contribution in [1.29, 1.82) is 0 Å². The summed E-state index contributed by atoms with van der Waals surface area (Å²) in [4.78, 5) is 22.6. The van der Waals surface area contributed by atoms with Gasteiger partial charge in [0.1, 0.15) is 12.4 Å². The van der Waals surface area contributed by atoms with Gasteiger partial charge in [-0.15, -0.1) is 0 Å². The summed E-state index contributed by atoms with van der Waals surface area (Å²) in [5, 5.41) is 15.0. The number of amides is 1. The highest BCUT2D eigenvalue weighted by Gasteiger charge is 2.15. The highest BCUT2D eigenvalue weighted by atomic mass is 79.9. The van der Waals surface area contributed by atoms with Gasteiger partial charge in [-0.05, 0) is 52.2 Å². The third-order valence-corrected chi connectivity index (χ3v) is 5.03. The minimum absolute atomic E-state index is 0.0909. The second kappa shape index (κ2) is 10.5. The van der Waals surface area contributed by atoms with Gasteiger partial charge in [-0.2, -0.15) is 5.10 Å². The molecule has 1 amide bonds. The molecule has 3 rings (SSSR count). The van der Waals surface area contributed by atoms with Crippen LogP contribution in [-0.4, -0.2) is 17.0 Å². The van der Waals surface area contributed by atoms with Gasteiger partial charge in [-0.3, -0.25) is 14.9 Å². The lowest BCUT2D eigenvalue weighted by Crippen LogP contribution is -2.20. The lowest BCUT2D eigenvalue weighted by Gasteiger charge is -2.09. The molecule has 0 fully saturated rings. The van der Waals surface area contributed by atoms with Crippen LogP contribution in [0, 0.1) is 17.0 Å². The van der Waals surface area contributed by atoms with Gasteiger partial charge < -0.3 is 4.74 Å². The monoisotopic (exact) mass is 481 g/mol. The Hall–Kier alpha value is -3.52. The molecule has 0 atom stereocenters. The Labute approximate surface area is 188 Å². The number of nitrogens with one attached hydrogen (secondary N) is 1. The standard InChI is InChI=1S/C23H20BrN3O4/c1-16-6-8-17(9-7-16)15-31-22-11-10-18(12-20(22)24)14-25-26-23(28)13-19-4-2-3-5-21(19)27(29)30/h2-12,14H,13,15H2,1H3,(H,26,28)/b25-14+. The highest BCUT2D eigenvalue weighted by molar-refractivity contribution is 9.10. The molecule has 0 aliphatic heterocycles. The third-order valence-electron chi connectivity index (χ3n) is 4.41. The number of nitro groups is 1. The van der Waals surface area contributed by atoms with Crippen molar-refractivity contribution in [2.75, 3.05) is 0 Å². The third kappa shape index (κ3) is 6.48. The maximum atomic E-state index is 12.1. The molecule has 0 aliphatic rings. The predicted molar refractivity (Wildman–Crippen MR) is 122 cm³/mol. The van der Waals surface area contributed by atoms with E-state index in [9.17, 15) is 14.9 Å². The number of halogens is 1. The van der Waals surface area contributed by atoms with Gasteiger partial charge in [-0.1, -0.05) is 48.0 Å². The van der Waals surface area contributed by atoms with Gasteiger partial charge in [0.25, 0.3) is 5.69 Å². The van der Waals surface area contributed by atoms with Crippen LogP contribution in [-0.2, 0) is 17.8 Å². The van der Waals surface area contributed by atoms with Crippen LogP contribution in [0.25, 0.3) is 0 Å². The van der Waals surface area contributed by atoms with E-state index in [0.717, 1.165) is 15.6 Å². The van der Waals surface area contributed by atoms with E-state index in [-0.39, 0.29) is 12.1 Å². The molecular formula is C23H20BrN3O4. The SMILES string of the molecule is Cc1ccc(COc2ccc(/C=N/NC(=O)Cc3ccccc3[N+](=O)[O-])cc2Br)cc1. The smallest absolute Gasteiger partial charge is 0.273 e. The number of hydrogen-bond donors (Lipinski definition) is 1. The van der Waals surface area contributed by atoms with E-state index >= 15 is 0 Å². The molecule has 3 aromatic carbocycles. The lowest BCUT2D eigenvalue weighted by molar-refractivity contribution is -0.385. The molecule has 7 nitrogen and oxygen atoms in total. The summed E-state index contributed by atoms with van der Waals surface area (Å²) in [6.07, 6.45) is 1.36. The minimum atomic E-state index is -0.508. The number of nitro benzene ring substituents is 1. The number of aryl methyl sites for hydroxylation is 1. The molecule has 0 saturated carbocycles. The molecule has 0 bridgehead atoms.